The summed E-state index contributed by atoms with van der Waals surface area (Å²) < 4.78 is 7.33. The number of rotatable bonds is 4. The van der Waals surface area contributed by atoms with E-state index in [1.54, 1.807) is 22.5 Å². The van der Waals surface area contributed by atoms with Crippen molar-refractivity contribution in [2.24, 2.45) is 0 Å². The van der Waals surface area contributed by atoms with E-state index in [0.717, 1.165) is 31.6 Å². The quantitative estimate of drug-likeness (QED) is 0.855. The van der Waals surface area contributed by atoms with Crippen LogP contribution >= 0.6 is 0 Å². The number of hydrogen-bond donors (Lipinski definition) is 0. The second-order valence-electron chi connectivity index (χ2n) is 5.77. The van der Waals surface area contributed by atoms with E-state index in [1.807, 2.05) is 13.0 Å². The van der Waals surface area contributed by atoms with Crippen molar-refractivity contribution < 1.29 is 9.53 Å². The SMILES string of the molecule is Cc1ccn2c(C(=O)N(C)CCC3CCCCO3)nnc2n1. The van der Waals surface area contributed by atoms with Gasteiger partial charge >= 0.3 is 0 Å². The molecule has 0 N–H and O–H groups in total. The number of ether oxygens (including phenoxy) is 1. The molecule has 7 nitrogen and oxygen atoms in total. The lowest BCUT2D eigenvalue weighted by molar-refractivity contribution is 0.00701. The monoisotopic (exact) mass is 303 g/mol. The summed E-state index contributed by atoms with van der Waals surface area (Å²) in [6, 6.07) is 1.84. The zero-order chi connectivity index (χ0) is 15.5. The highest BCUT2D eigenvalue weighted by molar-refractivity contribution is 5.91. The fourth-order valence-electron chi connectivity index (χ4n) is 2.66. The summed E-state index contributed by atoms with van der Waals surface area (Å²) in [5.74, 6) is 0.607. The minimum Gasteiger partial charge on any atom is -0.378 e. The Morgan fingerprint density at radius 3 is 3.09 bits per heavy atom. The van der Waals surface area contributed by atoms with Gasteiger partial charge in [0.05, 0.1) is 6.10 Å². The summed E-state index contributed by atoms with van der Waals surface area (Å²) in [4.78, 5) is 18.4. The van der Waals surface area contributed by atoms with Gasteiger partial charge in [-0.2, -0.15) is 0 Å². The number of aryl methyl sites for hydroxylation is 1. The Labute approximate surface area is 129 Å². The van der Waals surface area contributed by atoms with Crippen LogP contribution in [0.4, 0.5) is 0 Å². The molecule has 0 radical (unpaired) electrons. The van der Waals surface area contributed by atoms with E-state index in [-0.39, 0.29) is 12.0 Å². The van der Waals surface area contributed by atoms with E-state index in [1.165, 1.54) is 6.42 Å². The third-order valence-electron chi connectivity index (χ3n) is 4.02. The Morgan fingerprint density at radius 1 is 1.45 bits per heavy atom. The molecule has 1 amide bonds. The van der Waals surface area contributed by atoms with Gasteiger partial charge in [0.25, 0.3) is 11.7 Å². The van der Waals surface area contributed by atoms with Crippen molar-refractivity contribution in [2.75, 3.05) is 20.2 Å². The van der Waals surface area contributed by atoms with Crippen molar-refractivity contribution in [2.45, 2.75) is 38.7 Å². The van der Waals surface area contributed by atoms with Gasteiger partial charge in [0, 0.05) is 32.1 Å². The molecule has 0 spiro atoms. The van der Waals surface area contributed by atoms with Crippen molar-refractivity contribution in [3.05, 3.63) is 23.8 Å². The van der Waals surface area contributed by atoms with Crippen LogP contribution in [0.15, 0.2) is 12.3 Å². The molecule has 1 atom stereocenters. The van der Waals surface area contributed by atoms with Crippen LogP contribution in [0.2, 0.25) is 0 Å². The summed E-state index contributed by atoms with van der Waals surface area (Å²) >= 11 is 0. The predicted molar refractivity (Wildman–Crippen MR) is 80.7 cm³/mol. The summed E-state index contributed by atoms with van der Waals surface area (Å²) in [6.45, 7) is 3.37. The number of carbonyl (C=O) groups is 1. The topological polar surface area (TPSA) is 72.6 Å². The molecule has 1 aliphatic heterocycles. The summed E-state index contributed by atoms with van der Waals surface area (Å²) in [5.41, 5.74) is 0.849. The molecule has 3 heterocycles. The van der Waals surface area contributed by atoms with Crippen molar-refractivity contribution in [1.29, 1.82) is 0 Å². The average Bonchev–Trinajstić information content (AvgIpc) is 2.95. The molecule has 22 heavy (non-hydrogen) atoms. The maximum atomic E-state index is 12.5. The second-order valence-corrected chi connectivity index (χ2v) is 5.77. The summed E-state index contributed by atoms with van der Waals surface area (Å²) in [6.07, 6.45) is 6.34. The third-order valence-corrected chi connectivity index (χ3v) is 4.02. The first-order chi connectivity index (χ1) is 10.6. The molecule has 7 heteroatoms. The van der Waals surface area contributed by atoms with Crippen LogP contribution in [-0.2, 0) is 4.74 Å². The Balaban J connectivity index is 1.66. The maximum absolute atomic E-state index is 12.5. The Kier molecular flexibility index (Phi) is 4.33. The highest BCUT2D eigenvalue weighted by Crippen LogP contribution is 2.16. The van der Waals surface area contributed by atoms with E-state index in [2.05, 4.69) is 15.2 Å². The Bertz CT molecular complexity index is 663. The smallest absolute Gasteiger partial charge is 0.291 e. The van der Waals surface area contributed by atoms with Crippen LogP contribution < -0.4 is 0 Å². The molecule has 3 rings (SSSR count). The van der Waals surface area contributed by atoms with Crippen LogP contribution in [0.3, 0.4) is 0 Å². The van der Waals surface area contributed by atoms with Gasteiger partial charge < -0.3 is 9.64 Å². The van der Waals surface area contributed by atoms with Crippen molar-refractivity contribution in [1.82, 2.24) is 24.5 Å². The van der Waals surface area contributed by atoms with Gasteiger partial charge in [0.15, 0.2) is 0 Å². The van der Waals surface area contributed by atoms with Gasteiger partial charge in [0.1, 0.15) is 0 Å². The lowest BCUT2D eigenvalue weighted by Crippen LogP contribution is -2.32. The molecule has 1 aliphatic rings. The summed E-state index contributed by atoms with van der Waals surface area (Å²) in [5, 5.41) is 7.94. The predicted octanol–water partition coefficient (Wildman–Crippen LogP) is 1.46. The molecular formula is C15H21N5O2. The molecular weight excluding hydrogens is 282 g/mol. The molecule has 0 saturated carbocycles. The molecule has 0 aliphatic carbocycles. The van der Waals surface area contributed by atoms with Crippen LogP contribution in [0.1, 0.15) is 42.0 Å². The first kappa shape index (κ1) is 14.9. The standard InChI is InChI=1S/C15H21N5O2/c1-11-6-9-20-13(17-18-15(20)16-11)14(21)19(2)8-7-12-5-3-4-10-22-12/h6,9,12H,3-5,7-8,10H2,1-2H3. The van der Waals surface area contributed by atoms with Gasteiger partial charge in [-0.25, -0.2) is 4.98 Å². The molecule has 0 aromatic carbocycles. The van der Waals surface area contributed by atoms with Crippen LogP contribution in [0.25, 0.3) is 5.78 Å². The fourth-order valence-corrected chi connectivity index (χ4v) is 2.66. The first-order valence-electron chi connectivity index (χ1n) is 7.70. The molecule has 2 aromatic heterocycles. The van der Waals surface area contributed by atoms with Gasteiger partial charge in [-0.3, -0.25) is 9.20 Å². The van der Waals surface area contributed by atoms with E-state index < -0.39 is 0 Å². The molecule has 1 fully saturated rings. The van der Waals surface area contributed by atoms with Gasteiger partial charge in [-0.05, 0) is 38.7 Å². The Hall–Kier alpha value is -2.02. The lowest BCUT2D eigenvalue weighted by Gasteiger charge is -2.24. The summed E-state index contributed by atoms with van der Waals surface area (Å²) in [7, 11) is 1.79. The second kappa shape index (κ2) is 6.39. The van der Waals surface area contributed by atoms with E-state index in [4.69, 9.17) is 4.74 Å². The van der Waals surface area contributed by atoms with Gasteiger partial charge in [-0.15, -0.1) is 10.2 Å². The van der Waals surface area contributed by atoms with Crippen LogP contribution in [-0.4, -0.2) is 56.7 Å². The van der Waals surface area contributed by atoms with E-state index in [9.17, 15) is 4.79 Å². The fraction of sp³-hybridized carbons (Fsp3) is 0.600. The zero-order valence-electron chi connectivity index (χ0n) is 13.0. The molecule has 1 unspecified atom stereocenters. The first-order valence-corrected chi connectivity index (χ1v) is 7.70. The van der Waals surface area contributed by atoms with Crippen molar-refractivity contribution in [3.63, 3.8) is 0 Å². The third kappa shape index (κ3) is 3.09. The number of carbonyl (C=O) groups excluding carboxylic acids is 1. The lowest BCUT2D eigenvalue weighted by atomic mass is 10.1. The van der Waals surface area contributed by atoms with Crippen LogP contribution in [0.5, 0.6) is 0 Å². The zero-order valence-corrected chi connectivity index (χ0v) is 13.0. The molecule has 118 valence electrons. The normalized spacial score (nSPS) is 18.5. The molecule has 1 saturated heterocycles. The maximum Gasteiger partial charge on any atom is 0.291 e. The number of nitrogens with zero attached hydrogens (tertiary/aromatic N) is 5. The minimum absolute atomic E-state index is 0.144. The molecule has 2 aromatic rings. The van der Waals surface area contributed by atoms with Gasteiger partial charge in [-0.1, -0.05) is 0 Å². The van der Waals surface area contributed by atoms with Crippen molar-refractivity contribution >= 4 is 11.7 Å². The van der Waals surface area contributed by atoms with Gasteiger partial charge in [0.2, 0.25) is 5.82 Å². The largest absolute Gasteiger partial charge is 0.378 e. The van der Waals surface area contributed by atoms with Crippen molar-refractivity contribution in [3.8, 4) is 0 Å². The number of aromatic nitrogens is 4. The minimum atomic E-state index is -0.144. The van der Waals surface area contributed by atoms with E-state index in [0.29, 0.717) is 18.1 Å². The molecule has 0 bridgehead atoms. The number of amides is 1. The number of hydrogen-bond acceptors (Lipinski definition) is 5. The highest BCUT2D eigenvalue weighted by atomic mass is 16.5. The van der Waals surface area contributed by atoms with Crippen LogP contribution in [0, 0.1) is 6.92 Å². The Morgan fingerprint density at radius 2 is 2.32 bits per heavy atom. The highest BCUT2D eigenvalue weighted by Gasteiger charge is 2.21. The number of fused-ring (bicyclic) bond motifs is 1. The van der Waals surface area contributed by atoms with E-state index >= 15 is 0 Å². The average molecular weight is 303 g/mol.